The average molecular weight is 628 g/mol. The van der Waals surface area contributed by atoms with Crippen molar-refractivity contribution >= 4 is 51.3 Å². The number of anilines is 1. The second-order valence-electron chi connectivity index (χ2n) is 10.0. The number of aliphatic hydroxyl groups is 1. The van der Waals surface area contributed by atoms with Crippen LogP contribution in [0.4, 0.5) is 9.52 Å². The number of Topliss-reactive ketones (excluding diaryl/α,β-unsaturated/α-hetero) is 1. The number of carbonyl (C=O) groups is 2. The lowest BCUT2D eigenvalue weighted by Crippen LogP contribution is -2.29. The number of hydrogen-bond acceptors (Lipinski definition) is 9. The topological polar surface area (TPSA) is 110 Å². The smallest absolute Gasteiger partial charge is 0.301 e. The maximum atomic E-state index is 13.7. The predicted octanol–water partition coefficient (Wildman–Crippen LogP) is 6.43. The molecule has 0 radical (unpaired) electrons. The summed E-state index contributed by atoms with van der Waals surface area (Å²) >= 11 is 2.52. The largest absolute Gasteiger partial charge is 0.505 e. The molecular weight excluding hydrogens is 602 g/mol. The van der Waals surface area contributed by atoms with Crippen LogP contribution in [0.2, 0.25) is 0 Å². The Hall–Kier alpha value is -4.81. The highest BCUT2D eigenvalue weighted by Crippen LogP contribution is 2.45. The molecular formula is C32H26FN5O4S2. The second-order valence-corrected chi connectivity index (χ2v) is 12.2. The molecule has 2 aromatic carbocycles. The number of aromatic nitrogens is 4. The third-order valence-electron chi connectivity index (χ3n) is 7.17. The van der Waals surface area contributed by atoms with Crippen molar-refractivity contribution in [2.24, 2.45) is 0 Å². The summed E-state index contributed by atoms with van der Waals surface area (Å²) < 4.78 is 21.4. The summed E-state index contributed by atoms with van der Waals surface area (Å²) in [5.74, 6) is -1.41. The van der Waals surface area contributed by atoms with Crippen LogP contribution in [0.3, 0.4) is 0 Å². The minimum Gasteiger partial charge on any atom is -0.505 e. The SMILES string of the molecule is C=CCOc1cccc(C2C(=C(O)c3nc4c(C)cccn4c3C)C(=O)C(=O)N2c2nnc(SCc3ccc(F)cc3)s2)c1. The van der Waals surface area contributed by atoms with Crippen molar-refractivity contribution in [2.45, 2.75) is 30.0 Å². The summed E-state index contributed by atoms with van der Waals surface area (Å²) in [6.45, 7) is 7.64. The molecule has 1 saturated heterocycles. The summed E-state index contributed by atoms with van der Waals surface area (Å²) in [6, 6.07) is 15.9. The Morgan fingerprint density at radius 1 is 1.14 bits per heavy atom. The molecule has 1 N–H and O–H groups in total. The lowest BCUT2D eigenvalue weighted by Gasteiger charge is -2.22. The fourth-order valence-corrected chi connectivity index (χ4v) is 6.86. The molecule has 1 atom stereocenters. The van der Waals surface area contributed by atoms with Crippen molar-refractivity contribution < 1.29 is 23.8 Å². The molecule has 9 nitrogen and oxygen atoms in total. The number of amides is 1. The Bertz CT molecular complexity index is 1950. The van der Waals surface area contributed by atoms with Crippen LogP contribution < -0.4 is 9.64 Å². The predicted molar refractivity (Wildman–Crippen MR) is 167 cm³/mol. The number of thioether (sulfide) groups is 1. The molecule has 5 aromatic rings. The standard InChI is InChI=1S/C32H26FN5O4S2/c1-4-15-42-23-9-5-8-21(16-23)26-24(27(39)25-19(3)37-14-6-7-18(2)29(37)34-25)28(40)30(41)38(26)31-35-36-32(44-31)43-17-20-10-12-22(33)13-11-20/h4-14,16,26,39H,1,15,17H2,2-3H3. The first-order chi connectivity index (χ1) is 21.3. The Kier molecular flexibility index (Phi) is 8.02. The van der Waals surface area contributed by atoms with Gasteiger partial charge in [-0.15, -0.1) is 10.2 Å². The fraction of sp³-hybridized carbons (Fsp3) is 0.156. The Labute approximate surface area is 260 Å². The number of ether oxygens (including phenoxy) is 1. The van der Waals surface area contributed by atoms with Gasteiger partial charge in [0.15, 0.2) is 10.1 Å². The van der Waals surface area contributed by atoms with Gasteiger partial charge in [0, 0.05) is 11.9 Å². The van der Waals surface area contributed by atoms with Crippen molar-refractivity contribution in [1.82, 2.24) is 19.6 Å². The van der Waals surface area contributed by atoms with E-state index >= 15 is 0 Å². The second kappa shape index (κ2) is 12.1. The fourth-order valence-electron chi connectivity index (χ4n) is 5.03. The van der Waals surface area contributed by atoms with Crippen LogP contribution in [-0.2, 0) is 15.3 Å². The summed E-state index contributed by atoms with van der Waals surface area (Å²) in [6.07, 6.45) is 3.43. The van der Waals surface area contributed by atoms with E-state index in [0.717, 1.165) is 22.5 Å². The van der Waals surface area contributed by atoms with E-state index in [-0.39, 0.29) is 34.6 Å². The average Bonchev–Trinajstić information content (AvgIpc) is 3.71. The first kappa shape index (κ1) is 29.3. The van der Waals surface area contributed by atoms with Gasteiger partial charge in [-0.2, -0.15) is 0 Å². The van der Waals surface area contributed by atoms with Gasteiger partial charge >= 0.3 is 5.91 Å². The third kappa shape index (κ3) is 5.38. The maximum absolute atomic E-state index is 13.7. The molecule has 1 aliphatic rings. The number of imidazole rings is 1. The van der Waals surface area contributed by atoms with Crippen molar-refractivity contribution in [3.05, 3.63) is 119 Å². The quantitative estimate of drug-likeness (QED) is 0.0498. The molecule has 1 fully saturated rings. The molecule has 0 aliphatic carbocycles. The van der Waals surface area contributed by atoms with Crippen LogP contribution in [0.5, 0.6) is 5.75 Å². The molecule has 1 amide bonds. The number of benzene rings is 2. The highest BCUT2D eigenvalue weighted by Gasteiger charge is 2.49. The van der Waals surface area contributed by atoms with E-state index in [1.807, 2.05) is 29.7 Å². The van der Waals surface area contributed by atoms with E-state index in [4.69, 9.17) is 4.74 Å². The van der Waals surface area contributed by atoms with Crippen molar-refractivity contribution in [3.8, 4) is 5.75 Å². The van der Waals surface area contributed by atoms with Crippen molar-refractivity contribution in [1.29, 1.82) is 0 Å². The minimum atomic E-state index is -1.03. The van der Waals surface area contributed by atoms with Gasteiger partial charge in [0.05, 0.1) is 17.3 Å². The zero-order chi connectivity index (χ0) is 31.0. The third-order valence-corrected chi connectivity index (χ3v) is 9.30. The Balaban J connectivity index is 1.44. The number of fused-ring (bicyclic) bond motifs is 1. The number of rotatable bonds is 9. The molecule has 222 valence electrons. The monoisotopic (exact) mass is 627 g/mol. The van der Waals surface area contributed by atoms with Crippen LogP contribution in [0, 0.1) is 19.7 Å². The van der Waals surface area contributed by atoms with Gasteiger partial charge in [0.2, 0.25) is 5.13 Å². The summed E-state index contributed by atoms with van der Waals surface area (Å²) in [4.78, 5) is 33.3. The van der Waals surface area contributed by atoms with Gasteiger partial charge in [0.1, 0.15) is 29.5 Å². The van der Waals surface area contributed by atoms with E-state index in [0.29, 0.717) is 32.7 Å². The van der Waals surface area contributed by atoms with Crippen LogP contribution >= 0.6 is 23.1 Å². The van der Waals surface area contributed by atoms with Crippen LogP contribution in [0.15, 0.2) is 89.4 Å². The normalized spacial score (nSPS) is 16.2. The lowest BCUT2D eigenvalue weighted by atomic mass is 9.96. The van der Waals surface area contributed by atoms with Gasteiger partial charge in [-0.1, -0.05) is 66.1 Å². The van der Waals surface area contributed by atoms with Gasteiger partial charge in [-0.3, -0.25) is 14.5 Å². The highest BCUT2D eigenvalue weighted by atomic mass is 32.2. The molecule has 6 rings (SSSR count). The number of hydrogen-bond donors (Lipinski definition) is 1. The Morgan fingerprint density at radius 3 is 2.68 bits per heavy atom. The number of nitrogens with zero attached hydrogens (tertiary/aromatic N) is 5. The zero-order valence-corrected chi connectivity index (χ0v) is 25.4. The highest BCUT2D eigenvalue weighted by molar-refractivity contribution is 8.00. The molecule has 44 heavy (non-hydrogen) atoms. The molecule has 1 aliphatic heterocycles. The van der Waals surface area contributed by atoms with Crippen molar-refractivity contribution in [2.75, 3.05) is 11.5 Å². The van der Waals surface area contributed by atoms with E-state index in [1.165, 1.54) is 28.8 Å². The van der Waals surface area contributed by atoms with E-state index in [9.17, 15) is 19.1 Å². The zero-order valence-electron chi connectivity index (χ0n) is 23.7. The number of pyridine rings is 1. The first-order valence-electron chi connectivity index (χ1n) is 13.6. The van der Waals surface area contributed by atoms with Crippen LogP contribution in [-0.4, -0.2) is 43.0 Å². The molecule has 0 bridgehead atoms. The molecule has 0 spiro atoms. The molecule has 0 saturated carbocycles. The number of aliphatic hydroxyl groups excluding tert-OH is 1. The minimum absolute atomic E-state index is 0.115. The molecule has 3 aromatic heterocycles. The number of ketones is 1. The van der Waals surface area contributed by atoms with Crippen LogP contribution in [0.25, 0.3) is 11.4 Å². The Morgan fingerprint density at radius 2 is 1.93 bits per heavy atom. The number of carbonyl (C=O) groups excluding carboxylic acids is 2. The first-order valence-corrected chi connectivity index (χ1v) is 15.4. The summed E-state index contributed by atoms with van der Waals surface area (Å²) in [7, 11) is 0. The van der Waals surface area contributed by atoms with E-state index in [2.05, 4.69) is 21.8 Å². The van der Waals surface area contributed by atoms with Gasteiger partial charge < -0.3 is 14.2 Å². The number of aryl methyl sites for hydroxylation is 2. The van der Waals surface area contributed by atoms with E-state index in [1.54, 1.807) is 49.4 Å². The summed E-state index contributed by atoms with van der Waals surface area (Å²) in [5, 5.41) is 20.4. The summed E-state index contributed by atoms with van der Waals surface area (Å²) in [5.41, 5.74) is 3.64. The van der Waals surface area contributed by atoms with Gasteiger partial charge in [0.25, 0.3) is 5.78 Å². The molecule has 1 unspecified atom stereocenters. The molecule has 12 heteroatoms. The van der Waals surface area contributed by atoms with Gasteiger partial charge in [-0.25, -0.2) is 9.37 Å². The van der Waals surface area contributed by atoms with Crippen molar-refractivity contribution in [3.63, 3.8) is 0 Å². The van der Waals surface area contributed by atoms with Crippen LogP contribution in [0.1, 0.15) is 34.1 Å². The van der Waals surface area contributed by atoms with E-state index < -0.39 is 17.7 Å². The lowest BCUT2D eigenvalue weighted by molar-refractivity contribution is -0.132. The van der Waals surface area contributed by atoms with Gasteiger partial charge in [-0.05, 0) is 60.9 Å². The molecule has 4 heterocycles. The maximum Gasteiger partial charge on any atom is 0.301 e. The number of halogens is 1.